The summed E-state index contributed by atoms with van der Waals surface area (Å²) in [6, 6.07) is 10.3. The van der Waals surface area contributed by atoms with E-state index < -0.39 is 0 Å². The summed E-state index contributed by atoms with van der Waals surface area (Å²) >= 11 is 7.23. The Kier molecular flexibility index (Phi) is 5.96. The van der Waals surface area contributed by atoms with Gasteiger partial charge in [-0.2, -0.15) is 0 Å². The predicted molar refractivity (Wildman–Crippen MR) is 74.7 cm³/mol. The first-order chi connectivity index (χ1) is 7.24. The van der Waals surface area contributed by atoms with Gasteiger partial charge in [-0.05, 0) is 12.0 Å². The largest absolute Gasteiger partial charge is 0.111 e. The highest BCUT2D eigenvalue weighted by molar-refractivity contribution is 8.24. The SMILES string of the molecule is CCCCC(C)SC(=S)c1ccccc1. The van der Waals surface area contributed by atoms with Crippen molar-refractivity contribution < 1.29 is 0 Å². The highest BCUT2D eigenvalue weighted by Crippen LogP contribution is 2.22. The van der Waals surface area contributed by atoms with Crippen molar-refractivity contribution in [3.63, 3.8) is 0 Å². The van der Waals surface area contributed by atoms with Crippen LogP contribution >= 0.6 is 24.0 Å². The minimum absolute atomic E-state index is 0.637. The fraction of sp³-hybridized carbons (Fsp3) is 0.462. The molecule has 0 aliphatic rings. The molecule has 0 aliphatic carbocycles. The van der Waals surface area contributed by atoms with Crippen LogP contribution in [-0.2, 0) is 0 Å². The summed E-state index contributed by atoms with van der Waals surface area (Å²) in [7, 11) is 0. The summed E-state index contributed by atoms with van der Waals surface area (Å²) in [4.78, 5) is 0. The Labute approximate surface area is 102 Å². The zero-order valence-electron chi connectivity index (χ0n) is 9.40. The van der Waals surface area contributed by atoms with Gasteiger partial charge in [0.05, 0.1) is 4.20 Å². The third-order valence-electron chi connectivity index (χ3n) is 2.28. The Balaban J connectivity index is 2.42. The fourth-order valence-corrected chi connectivity index (χ4v) is 2.93. The third kappa shape index (κ3) is 4.80. The van der Waals surface area contributed by atoms with Crippen molar-refractivity contribution in [2.45, 2.75) is 38.4 Å². The molecule has 2 heteroatoms. The van der Waals surface area contributed by atoms with Crippen LogP contribution in [0, 0.1) is 0 Å². The molecule has 82 valence electrons. The van der Waals surface area contributed by atoms with E-state index in [0.717, 1.165) is 4.20 Å². The van der Waals surface area contributed by atoms with Crippen LogP contribution in [0.2, 0.25) is 0 Å². The molecule has 1 atom stereocenters. The van der Waals surface area contributed by atoms with E-state index in [4.69, 9.17) is 12.2 Å². The van der Waals surface area contributed by atoms with Gasteiger partial charge in [-0.1, -0.05) is 69.2 Å². The highest BCUT2D eigenvalue weighted by Gasteiger charge is 2.07. The molecule has 1 aromatic rings. The highest BCUT2D eigenvalue weighted by atomic mass is 32.2. The molecule has 0 N–H and O–H groups in total. The Morgan fingerprint density at radius 3 is 2.60 bits per heavy atom. The maximum atomic E-state index is 5.41. The molecule has 0 radical (unpaired) electrons. The molecule has 1 unspecified atom stereocenters. The van der Waals surface area contributed by atoms with Gasteiger partial charge in [-0.25, -0.2) is 0 Å². The molecule has 0 aliphatic heterocycles. The number of thiocarbonyl (C=S) groups is 1. The van der Waals surface area contributed by atoms with Gasteiger partial charge in [-0.15, -0.1) is 11.8 Å². The summed E-state index contributed by atoms with van der Waals surface area (Å²) in [5.41, 5.74) is 1.18. The van der Waals surface area contributed by atoms with Gasteiger partial charge >= 0.3 is 0 Å². The molecule has 0 nitrogen and oxygen atoms in total. The van der Waals surface area contributed by atoms with Crippen molar-refractivity contribution in [2.24, 2.45) is 0 Å². The van der Waals surface area contributed by atoms with Crippen LogP contribution in [0.25, 0.3) is 0 Å². The minimum atomic E-state index is 0.637. The lowest BCUT2D eigenvalue weighted by atomic mass is 10.2. The average Bonchev–Trinajstić information content (AvgIpc) is 2.27. The summed E-state index contributed by atoms with van der Waals surface area (Å²) in [6.45, 7) is 4.49. The van der Waals surface area contributed by atoms with Crippen LogP contribution in [0.4, 0.5) is 0 Å². The van der Waals surface area contributed by atoms with Crippen molar-refractivity contribution in [1.82, 2.24) is 0 Å². The lowest BCUT2D eigenvalue weighted by molar-refractivity contribution is 0.715. The topological polar surface area (TPSA) is 0 Å². The Bertz CT molecular complexity index is 293. The maximum absolute atomic E-state index is 5.41. The van der Waals surface area contributed by atoms with Crippen molar-refractivity contribution in [3.05, 3.63) is 35.9 Å². The van der Waals surface area contributed by atoms with E-state index >= 15 is 0 Å². The maximum Gasteiger partial charge on any atom is 0.0780 e. The van der Waals surface area contributed by atoms with Gasteiger partial charge in [-0.3, -0.25) is 0 Å². The number of thioether (sulfide) groups is 1. The van der Waals surface area contributed by atoms with Crippen molar-refractivity contribution in [3.8, 4) is 0 Å². The van der Waals surface area contributed by atoms with Crippen LogP contribution in [0.15, 0.2) is 30.3 Å². The van der Waals surface area contributed by atoms with Gasteiger partial charge in [0, 0.05) is 5.25 Å². The Morgan fingerprint density at radius 1 is 1.33 bits per heavy atom. The van der Waals surface area contributed by atoms with E-state index in [9.17, 15) is 0 Å². The molecule has 0 saturated heterocycles. The zero-order valence-corrected chi connectivity index (χ0v) is 11.0. The smallest absolute Gasteiger partial charge is 0.0780 e. The second-order valence-corrected chi connectivity index (χ2v) is 5.84. The van der Waals surface area contributed by atoms with Crippen LogP contribution in [0.5, 0.6) is 0 Å². The average molecular weight is 238 g/mol. The first kappa shape index (κ1) is 12.7. The second kappa shape index (κ2) is 7.02. The number of hydrogen-bond acceptors (Lipinski definition) is 2. The van der Waals surface area contributed by atoms with E-state index in [1.54, 1.807) is 0 Å². The first-order valence-electron chi connectivity index (χ1n) is 5.50. The van der Waals surface area contributed by atoms with Gasteiger partial charge in [0.25, 0.3) is 0 Å². The molecule has 0 saturated carbocycles. The van der Waals surface area contributed by atoms with Gasteiger partial charge in [0.15, 0.2) is 0 Å². The summed E-state index contributed by atoms with van der Waals surface area (Å²) in [5, 5.41) is 0.637. The standard InChI is InChI=1S/C13H18S2/c1-3-4-8-11(2)15-13(14)12-9-6-5-7-10-12/h5-7,9-11H,3-4,8H2,1-2H3. The molecule has 1 rings (SSSR count). The molecule has 0 amide bonds. The minimum Gasteiger partial charge on any atom is -0.111 e. The number of hydrogen-bond donors (Lipinski definition) is 0. The van der Waals surface area contributed by atoms with Gasteiger partial charge in [0.2, 0.25) is 0 Å². The van der Waals surface area contributed by atoms with Crippen LogP contribution < -0.4 is 0 Å². The van der Waals surface area contributed by atoms with Gasteiger partial charge in [0.1, 0.15) is 0 Å². The molecule has 0 aromatic heterocycles. The van der Waals surface area contributed by atoms with Crippen molar-refractivity contribution in [1.29, 1.82) is 0 Å². The fourth-order valence-electron chi connectivity index (χ4n) is 1.38. The molecule has 15 heavy (non-hydrogen) atoms. The monoisotopic (exact) mass is 238 g/mol. The third-order valence-corrected chi connectivity index (χ3v) is 3.89. The molecule has 1 aromatic carbocycles. The molecular formula is C13H18S2. The lowest BCUT2D eigenvalue weighted by Crippen LogP contribution is -2.01. The van der Waals surface area contributed by atoms with Crippen molar-refractivity contribution >= 4 is 28.2 Å². The van der Waals surface area contributed by atoms with Crippen LogP contribution in [0.1, 0.15) is 38.7 Å². The summed E-state index contributed by atoms with van der Waals surface area (Å²) in [5.74, 6) is 0. The Morgan fingerprint density at radius 2 is 2.00 bits per heavy atom. The lowest BCUT2D eigenvalue weighted by Gasteiger charge is -2.11. The van der Waals surface area contributed by atoms with E-state index in [-0.39, 0.29) is 0 Å². The summed E-state index contributed by atoms with van der Waals surface area (Å²) < 4.78 is 1.03. The second-order valence-electron chi connectivity index (χ2n) is 3.72. The van der Waals surface area contributed by atoms with Gasteiger partial charge < -0.3 is 0 Å². The van der Waals surface area contributed by atoms with E-state index in [2.05, 4.69) is 26.0 Å². The number of rotatable bonds is 5. The molecule has 0 fully saturated rings. The molecular weight excluding hydrogens is 220 g/mol. The van der Waals surface area contributed by atoms with Crippen molar-refractivity contribution in [2.75, 3.05) is 0 Å². The number of benzene rings is 1. The quantitative estimate of drug-likeness (QED) is 0.683. The molecule has 0 bridgehead atoms. The van der Waals surface area contributed by atoms with E-state index in [1.165, 1.54) is 24.8 Å². The van der Waals surface area contributed by atoms with Crippen LogP contribution in [0.3, 0.4) is 0 Å². The zero-order chi connectivity index (χ0) is 11.1. The van der Waals surface area contributed by atoms with E-state index in [1.807, 2.05) is 30.0 Å². The molecule has 0 spiro atoms. The van der Waals surface area contributed by atoms with E-state index in [0.29, 0.717) is 5.25 Å². The number of unbranched alkanes of at least 4 members (excludes halogenated alkanes) is 1. The Hall–Kier alpha value is -0.340. The van der Waals surface area contributed by atoms with Crippen LogP contribution in [-0.4, -0.2) is 9.45 Å². The first-order valence-corrected chi connectivity index (χ1v) is 6.79. The predicted octanol–water partition coefficient (Wildman–Crippen LogP) is 4.67. The molecule has 0 heterocycles. The summed E-state index contributed by atoms with van der Waals surface area (Å²) in [6.07, 6.45) is 3.82. The normalized spacial score (nSPS) is 12.4.